The molecule has 0 aliphatic rings. The highest BCUT2D eigenvalue weighted by molar-refractivity contribution is 5.88. The first-order chi connectivity index (χ1) is 9.95. The number of urea groups is 1. The average molecular weight is 291 g/mol. The molecule has 0 aliphatic heterocycles. The number of nitrogens with one attached hydrogen (secondary N) is 2. The van der Waals surface area contributed by atoms with Crippen LogP contribution in [0.4, 0.5) is 25.0 Å². The van der Waals surface area contributed by atoms with Crippen molar-refractivity contribution in [1.29, 1.82) is 0 Å². The zero-order valence-corrected chi connectivity index (χ0v) is 11.4. The van der Waals surface area contributed by atoms with Crippen LogP contribution in [-0.2, 0) is 0 Å². The third-order valence-corrected chi connectivity index (χ3v) is 2.96. The Kier molecular flexibility index (Phi) is 4.37. The van der Waals surface area contributed by atoms with Crippen molar-refractivity contribution in [2.24, 2.45) is 5.73 Å². The van der Waals surface area contributed by atoms with E-state index in [1.54, 1.807) is 24.3 Å². The van der Waals surface area contributed by atoms with Crippen molar-refractivity contribution >= 4 is 17.4 Å². The normalized spacial score (nSPS) is 11.8. The minimum absolute atomic E-state index is 0.232. The van der Waals surface area contributed by atoms with Crippen LogP contribution in [0.2, 0.25) is 0 Å². The highest BCUT2D eigenvalue weighted by Crippen LogP contribution is 2.22. The number of rotatable bonds is 4. The van der Waals surface area contributed by atoms with E-state index < -0.39 is 17.7 Å². The second-order valence-corrected chi connectivity index (χ2v) is 4.61. The molecule has 6 heteroatoms. The van der Waals surface area contributed by atoms with Crippen LogP contribution in [0.3, 0.4) is 0 Å². The number of benzene rings is 2. The van der Waals surface area contributed by atoms with E-state index in [2.05, 4.69) is 10.6 Å². The molecule has 0 saturated heterocycles. The topological polar surface area (TPSA) is 67.2 Å². The number of primary amides is 1. The monoisotopic (exact) mass is 291 g/mol. The van der Waals surface area contributed by atoms with Crippen LogP contribution in [0.25, 0.3) is 0 Å². The van der Waals surface area contributed by atoms with Gasteiger partial charge in [0, 0.05) is 17.4 Å². The summed E-state index contributed by atoms with van der Waals surface area (Å²) < 4.78 is 26.1. The second-order valence-electron chi connectivity index (χ2n) is 4.61. The molecule has 0 spiro atoms. The van der Waals surface area contributed by atoms with Gasteiger partial charge in [-0.2, -0.15) is 0 Å². The molecule has 0 heterocycles. The van der Waals surface area contributed by atoms with Crippen molar-refractivity contribution in [2.45, 2.75) is 13.0 Å². The van der Waals surface area contributed by atoms with Gasteiger partial charge in [0.15, 0.2) is 11.6 Å². The Morgan fingerprint density at radius 1 is 1.10 bits per heavy atom. The summed E-state index contributed by atoms with van der Waals surface area (Å²) in [5.41, 5.74) is 6.93. The first-order valence-electron chi connectivity index (χ1n) is 6.33. The van der Waals surface area contributed by atoms with E-state index >= 15 is 0 Å². The Morgan fingerprint density at radius 3 is 2.48 bits per heavy atom. The third kappa shape index (κ3) is 3.92. The van der Waals surface area contributed by atoms with Gasteiger partial charge in [0.05, 0.1) is 0 Å². The lowest BCUT2D eigenvalue weighted by Crippen LogP contribution is -2.19. The van der Waals surface area contributed by atoms with Gasteiger partial charge in [-0.1, -0.05) is 12.1 Å². The molecular formula is C15H15F2N3O. The molecule has 2 aromatic carbocycles. The van der Waals surface area contributed by atoms with Crippen LogP contribution in [0.15, 0.2) is 42.5 Å². The first kappa shape index (κ1) is 14.8. The number of halogens is 2. The van der Waals surface area contributed by atoms with Crippen molar-refractivity contribution in [2.75, 3.05) is 10.6 Å². The Hall–Kier alpha value is -2.63. The van der Waals surface area contributed by atoms with Crippen LogP contribution >= 0.6 is 0 Å². The van der Waals surface area contributed by atoms with Crippen LogP contribution in [0, 0.1) is 11.6 Å². The predicted molar refractivity (Wildman–Crippen MR) is 78.0 cm³/mol. The molecule has 2 aromatic rings. The highest BCUT2D eigenvalue weighted by Gasteiger charge is 2.09. The lowest BCUT2D eigenvalue weighted by Gasteiger charge is -2.16. The lowest BCUT2D eigenvalue weighted by atomic mass is 10.1. The largest absolute Gasteiger partial charge is 0.378 e. The zero-order chi connectivity index (χ0) is 15.4. The molecule has 0 aliphatic carbocycles. The summed E-state index contributed by atoms with van der Waals surface area (Å²) in [6.07, 6.45) is 0. The molecular weight excluding hydrogens is 276 g/mol. The van der Waals surface area contributed by atoms with Gasteiger partial charge in [-0.25, -0.2) is 13.6 Å². The van der Waals surface area contributed by atoms with Crippen molar-refractivity contribution in [3.05, 3.63) is 59.7 Å². The van der Waals surface area contributed by atoms with Gasteiger partial charge in [-0.05, 0) is 42.8 Å². The second kappa shape index (κ2) is 6.21. The van der Waals surface area contributed by atoms with Crippen molar-refractivity contribution in [1.82, 2.24) is 0 Å². The van der Waals surface area contributed by atoms with E-state index in [1.165, 1.54) is 6.07 Å². The number of amides is 2. The fourth-order valence-electron chi connectivity index (χ4n) is 1.94. The number of carbonyl (C=O) groups excluding carboxylic acids is 1. The van der Waals surface area contributed by atoms with E-state index in [1.807, 2.05) is 6.92 Å². The predicted octanol–water partition coefficient (Wildman–Crippen LogP) is 3.63. The summed E-state index contributed by atoms with van der Waals surface area (Å²) in [4.78, 5) is 10.8. The average Bonchev–Trinajstić information content (AvgIpc) is 2.41. The zero-order valence-electron chi connectivity index (χ0n) is 11.4. The van der Waals surface area contributed by atoms with Gasteiger partial charge >= 0.3 is 6.03 Å². The summed E-state index contributed by atoms with van der Waals surface area (Å²) in [6, 6.07) is 9.80. The molecule has 4 N–H and O–H groups in total. The Balaban J connectivity index is 2.13. The van der Waals surface area contributed by atoms with Crippen LogP contribution in [0.5, 0.6) is 0 Å². The van der Waals surface area contributed by atoms with E-state index in [-0.39, 0.29) is 6.04 Å². The van der Waals surface area contributed by atoms with Gasteiger partial charge in [-0.15, -0.1) is 0 Å². The van der Waals surface area contributed by atoms with E-state index in [0.29, 0.717) is 11.3 Å². The van der Waals surface area contributed by atoms with Crippen molar-refractivity contribution in [3.63, 3.8) is 0 Å². The van der Waals surface area contributed by atoms with Gasteiger partial charge in [-0.3, -0.25) is 0 Å². The number of anilines is 2. The molecule has 1 atom stereocenters. The van der Waals surface area contributed by atoms with Gasteiger partial charge in [0.1, 0.15) is 0 Å². The van der Waals surface area contributed by atoms with Gasteiger partial charge in [0.25, 0.3) is 0 Å². The van der Waals surface area contributed by atoms with Gasteiger partial charge < -0.3 is 16.4 Å². The minimum Gasteiger partial charge on any atom is -0.378 e. The number of hydrogen-bond donors (Lipinski definition) is 3. The molecule has 110 valence electrons. The van der Waals surface area contributed by atoms with Crippen LogP contribution in [0.1, 0.15) is 18.5 Å². The standard InChI is InChI=1S/C15H15F2N3O/c1-9(10-5-6-13(16)14(17)7-10)19-11-3-2-4-12(8-11)20-15(18)21/h2-9,19H,1H3,(H3,18,20,21). The quantitative estimate of drug-likeness (QED) is 0.805. The van der Waals surface area contributed by atoms with E-state index in [4.69, 9.17) is 5.73 Å². The Bertz CT molecular complexity index is 661. The summed E-state index contributed by atoms with van der Waals surface area (Å²) in [5.74, 6) is -1.76. The Labute approximate surface area is 121 Å². The summed E-state index contributed by atoms with van der Waals surface area (Å²) in [7, 11) is 0. The molecule has 21 heavy (non-hydrogen) atoms. The maximum absolute atomic E-state index is 13.2. The van der Waals surface area contributed by atoms with E-state index in [0.717, 1.165) is 17.8 Å². The van der Waals surface area contributed by atoms with Crippen molar-refractivity contribution in [3.8, 4) is 0 Å². The lowest BCUT2D eigenvalue weighted by molar-refractivity contribution is 0.259. The summed E-state index contributed by atoms with van der Waals surface area (Å²) >= 11 is 0. The first-order valence-corrected chi connectivity index (χ1v) is 6.33. The van der Waals surface area contributed by atoms with E-state index in [9.17, 15) is 13.6 Å². The molecule has 1 unspecified atom stereocenters. The molecule has 0 radical (unpaired) electrons. The number of hydrogen-bond acceptors (Lipinski definition) is 2. The fourth-order valence-corrected chi connectivity index (χ4v) is 1.94. The van der Waals surface area contributed by atoms with Crippen LogP contribution in [-0.4, -0.2) is 6.03 Å². The summed E-state index contributed by atoms with van der Waals surface area (Å²) in [5, 5.41) is 5.60. The maximum atomic E-state index is 13.2. The number of nitrogens with two attached hydrogens (primary N) is 1. The minimum atomic E-state index is -0.884. The molecule has 0 fully saturated rings. The molecule has 0 bridgehead atoms. The number of carbonyl (C=O) groups is 1. The molecule has 0 saturated carbocycles. The SMILES string of the molecule is CC(Nc1cccc(NC(N)=O)c1)c1ccc(F)c(F)c1. The van der Waals surface area contributed by atoms with Crippen molar-refractivity contribution < 1.29 is 13.6 Å². The maximum Gasteiger partial charge on any atom is 0.316 e. The smallest absolute Gasteiger partial charge is 0.316 e. The summed E-state index contributed by atoms with van der Waals surface area (Å²) in [6.45, 7) is 1.82. The Morgan fingerprint density at radius 2 is 1.81 bits per heavy atom. The fraction of sp³-hybridized carbons (Fsp3) is 0.133. The molecule has 2 amide bonds. The third-order valence-electron chi connectivity index (χ3n) is 2.96. The van der Waals surface area contributed by atoms with Crippen LogP contribution < -0.4 is 16.4 Å². The molecule has 0 aromatic heterocycles. The van der Waals surface area contributed by atoms with Gasteiger partial charge in [0.2, 0.25) is 0 Å². The molecule has 4 nitrogen and oxygen atoms in total. The highest BCUT2D eigenvalue weighted by atomic mass is 19.2. The molecule has 2 rings (SSSR count).